The number of hydrogen-bond acceptors (Lipinski definition) is 4. The van der Waals surface area contributed by atoms with Crippen LogP contribution in [0.4, 0.5) is 0 Å². The minimum Gasteiger partial charge on any atom is -0.377 e. The zero-order valence-corrected chi connectivity index (χ0v) is 11.7. The normalized spacial score (nSPS) is 27.1. The van der Waals surface area contributed by atoms with Crippen molar-refractivity contribution < 1.29 is 14.3 Å². The molecular weight excluding hydrogens is 244 g/mol. The molecule has 1 saturated heterocycles. The topological polar surface area (TPSA) is 64.8 Å². The summed E-state index contributed by atoms with van der Waals surface area (Å²) in [7, 11) is 0. The first-order chi connectivity index (χ1) is 9.25. The van der Waals surface area contributed by atoms with Gasteiger partial charge in [-0.15, -0.1) is 0 Å². The van der Waals surface area contributed by atoms with Gasteiger partial charge in [-0.05, 0) is 12.8 Å². The van der Waals surface area contributed by atoms with E-state index in [1.54, 1.807) is 0 Å². The monoisotopic (exact) mass is 270 g/mol. The number of rotatable bonds is 5. The van der Waals surface area contributed by atoms with Gasteiger partial charge in [0.15, 0.2) is 0 Å². The fraction of sp³-hybridized carbons (Fsp3) is 0.929. The van der Waals surface area contributed by atoms with Crippen molar-refractivity contribution in [3.8, 4) is 0 Å². The average molecular weight is 270 g/mol. The molecule has 5 nitrogen and oxygen atoms in total. The highest BCUT2D eigenvalue weighted by atomic mass is 16.5. The van der Waals surface area contributed by atoms with E-state index in [0.29, 0.717) is 19.3 Å². The van der Waals surface area contributed by atoms with Gasteiger partial charge in [0.1, 0.15) is 6.10 Å². The molecule has 0 aromatic carbocycles. The van der Waals surface area contributed by atoms with Crippen LogP contribution in [0, 0.1) is 0 Å². The quantitative estimate of drug-likeness (QED) is 0.754. The van der Waals surface area contributed by atoms with Crippen LogP contribution >= 0.6 is 0 Å². The highest BCUT2D eigenvalue weighted by molar-refractivity contribution is 5.79. The number of hydrogen-bond donors (Lipinski definition) is 1. The maximum Gasteiger partial charge on any atom is 0.247 e. The zero-order chi connectivity index (χ0) is 13.5. The number of morpholine rings is 1. The van der Waals surface area contributed by atoms with Gasteiger partial charge in [-0.1, -0.05) is 25.7 Å². The number of nitrogens with zero attached hydrogens (tertiary/aromatic N) is 1. The number of amides is 1. The highest BCUT2D eigenvalue weighted by Crippen LogP contribution is 2.19. The van der Waals surface area contributed by atoms with Crippen molar-refractivity contribution in [3.63, 3.8) is 0 Å². The van der Waals surface area contributed by atoms with Crippen molar-refractivity contribution in [2.75, 3.05) is 32.8 Å². The van der Waals surface area contributed by atoms with Crippen LogP contribution in [0.15, 0.2) is 0 Å². The summed E-state index contributed by atoms with van der Waals surface area (Å²) in [5, 5.41) is 0. The van der Waals surface area contributed by atoms with Gasteiger partial charge >= 0.3 is 0 Å². The van der Waals surface area contributed by atoms with Gasteiger partial charge in [-0.3, -0.25) is 9.69 Å². The van der Waals surface area contributed by atoms with E-state index in [-0.39, 0.29) is 5.91 Å². The van der Waals surface area contributed by atoms with Crippen LogP contribution in [-0.2, 0) is 14.3 Å². The van der Waals surface area contributed by atoms with E-state index in [0.717, 1.165) is 19.7 Å². The Morgan fingerprint density at radius 1 is 1.26 bits per heavy atom. The van der Waals surface area contributed by atoms with Crippen LogP contribution in [0.3, 0.4) is 0 Å². The molecule has 1 aliphatic heterocycles. The van der Waals surface area contributed by atoms with Crippen molar-refractivity contribution in [1.82, 2.24) is 4.90 Å². The Kier molecular flexibility index (Phi) is 6.07. The first-order valence-electron chi connectivity index (χ1n) is 7.50. The molecule has 0 aromatic rings. The van der Waals surface area contributed by atoms with E-state index in [1.165, 1.54) is 38.5 Å². The Hall–Kier alpha value is -0.650. The number of primary amides is 1. The second kappa shape index (κ2) is 7.82. The van der Waals surface area contributed by atoms with Crippen LogP contribution in [0.25, 0.3) is 0 Å². The first kappa shape index (κ1) is 14.8. The van der Waals surface area contributed by atoms with Crippen LogP contribution in [-0.4, -0.2) is 55.9 Å². The van der Waals surface area contributed by atoms with E-state index in [9.17, 15) is 4.79 Å². The third-order valence-corrected chi connectivity index (χ3v) is 4.03. The van der Waals surface area contributed by atoms with Gasteiger partial charge in [0.25, 0.3) is 0 Å². The average Bonchev–Trinajstić information content (AvgIpc) is 2.68. The van der Waals surface area contributed by atoms with Crippen molar-refractivity contribution in [2.24, 2.45) is 5.73 Å². The van der Waals surface area contributed by atoms with Gasteiger partial charge < -0.3 is 15.2 Å². The first-order valence-corrected chi connectivity index (χ1v) is 7.50. The highest BCUT2D eigenvalue weighted by Gasteiger charge is 2.24. The number of ether oxygens (including phenoxy) is 2. The van der Waals surface area contributed by atoms with Crippen molar-refractivity contribution in [3.05, 3.63) is 0 Å². The van der Waals surface area contributed by atoms with Crippen LogP contribution < -0.4 is 5.73 Å². The lowest BCUT2D eigenvalue weighted by Crippen LogP contribution is -2.49. The Morgan fingerprint density at radius 2 is 2.00 bits per heavy atom. The molecule has 0 aromatic heterocycles. The van der Waals surface area contributed by atoms with E-state index in [1.807, 2.05) is 0 Å². The van der Waals surface area contributed by atoms with Crippen molar-refractivity contribution in [2.45, 2.75) is 50.7 Å². The Morgan fingerprint density at radius 3 is 2.68 bits per heavy atom. The summed E-state index contributed by atoms with van der Waals surface area (Å²) in [5.41, 5.74) is 5.27. The molecule has 1 atom stereocenters. The summed E-state index contributed by atoms with van der Waals surface area (Å²) >= 11 is 0. The predicted octanol–water partition coefficient (Wildman–Crippen LogP) is 0.912. The molecule has 19 heavy (non-hydrogen) atoms. The lowest BCUT2D eigenvalue weighted by atomic mass is 10.1. The Bertz CT molecular complexity index is 278. The molecule has 1 heterocycles. The van der Waals surface area contributed by atoms with E-state index >= 15 is 0 Å². The van der Waals surface area contributed by atoms with Crippen molar-refractivity contribution in [1.29, 1.82) is 0 Å². The number of carbonyl (C=O) groups is 1. The molecule has 110 valence electrons. The SMILES string of the molecule is NC(=O)C1CN(CCOC2CCCCCC2)CCO1. The smallest absolute Gasteiger partial charge is 0.247 e. The zero-order valence-electron chi connectivity index (χ0n) is 11.7. The van der Waals surface area contributed by atoms with Gasteiger partial charge in [0, 0.05) is 19.6 Å². The van der Waals surface area contributed by atoms with Crippen LogP contribution in [0.2, 0.25) is 0 Å². The Balaban J connectivity index is 1.63. The molecule has 1 saturated carbocycles. The maximum atomic E-state index is 11.1. The number of nitrogens with two attached hydrogens (primary N) is 1. The molecular formula is C14H26N2O3. The second-order valence-corrected chi connectivity index (χ2v) is 5.55. The molecule has 0 radical (unpaired) electrons. The fourth-order valence-electron chi connectivity index (χ4n) is 2.83. The standard InChI is InChI=1S/C14H26N2O3/c15-14(17)13-11-16(8-10-19-13)7-9-18-12-5-3-1-2-4-6-12/h12-13H,1-11H2,(H2,15,17). The second-order valence-electron chi connectivity index (χ2n) is 5.55. The number of carbonyl (C=O) groups excluding carboxylic acids is 1. The van der Waals surface area contributed by atoms with Gasteiger partial charge in [-0.2, -0.15) is 0 Å². The minimum atomic E-state index is -0.452. The van der Waals surface area contributed by atoms with Crippen LogP contribution in [0.5, 0.6) is 0 Å². The lowest BCUT2D eigenvalue weighted by Gasteiger charge is -2.31. The largest absolute Gasteiger partial charge is 0.377 e. The summed E-state index contributed by atoms with van der Waals surface area (Å²) in [4.78, 5) is 13.3. The molecule has 1 aliphatic carbocycles. The van der Waals surface area contributed by atoms with E-state index in [2.05, 4.69) is 4.90 Å². The molecule has 2 rings (SSSR count). The summed E-state index contributed by atoms with van der Waals surface area (Å²) in [6.07, 6.45) is 7.69. The predicted molar refractivity (Wildman–Crippen MR) is 72.8 cm³/mol. The molecule has 0 spiro atoms. The summed E-state index contributed by atoms with van der Waals surface area (Å²) < 4.78 is 11.3. The molecule has 0 bridgehead atoms. The third kappa shape index (κ3) is 5.09. The fourth-order valence-corrected chi connectivity index (χ4v) is 2.83. The molecule has 2 aliphatic rings. The summed E-state index contributed by atoms with van der Waals surface area (Å²) in [5.74, 6) is -0.366. The molecule has 2 fully saturated rings. The Labute approximate surface area is 115 Å². The third-order valence-electron chi connectivity index (χ3n) is 4.03. The van der Waals surface area contributed by atoms with Gasteiger partial charge in [-0.25, -0.2) is 0 Å². The van der Waals surface area contributed by atoms with Gasteiger partial charge in [0.05, 0.1) is 19.3 Å². The molecule has 5 heteroatoms. The van der Waals surface area contributed by atoms with E-state index < -0.39 is 6.10 Å². The van der Waals surface area contributed by atoms with Crippen LogP contribution in [0.1, 0.15) is 38.5 Å². The molecule has 2 N–H and O–H groups in total. The molecule has 1 amide bonds. The molecule has 1 unspecified atom stereocenters. The summed E-state index contributed by atoms with van der Waals surface area (Å²) in [6.45, 7) is 3.65. The van der Waals surface area contributed by atoms with E-state index in [4.69, 9.17) is 15.2 Å². The maximum absolute atomic E-state index is 11.1. The minimum absolute atomic E-state index is 0.366. The summed E-state index contributed by atoms with van der Waals surface area (Å²) in [6, 6.07) is 0. The lowest BCUT2D eigenvalue weighted by molar-refractivity contribution is -0.135. The van der Waals surface area contributed by atoms with Gasteiger partial charge in [0.2, 0.25) is 5.91 Å². The van der Waals surface area contributed by atoms with Crippen molar-refractivity contribution >= 4 is 5.91 Å².